The number of benzene rings is 1. The maximum absolute atomic E-state index is 12.8. The van der Waals surface area contributed by atoms with Gasteiger partial charge >= 0.3 is 5.97 Å². The quantitative estimate of drug-likeness (QED) is 0.204. The molecule has 3 atom stereocenters. The summed E-state index contributed by atoms with van der Waals surface area (Å²) in [5.41, 5.74) is 11.4. The molecule has 33 heavy (non-hydrogen) atoms. The minimum atomic E-state index is -1.17. The monoisotopic (exact) mass is 463 g/mol. The highest BCUT2D eigenvalue weighted by Gasteiger charge is 2.27. The van der Waals surface area contributed by atoms with E-state index >= 15 is 0 Å². The average molecular weight is 464 g/mol. The Hall–Kier alpha value is -3.47. The molecule has 11 nitrogen and oxygen atoms in total. The van der Waals surface area contributed by atoms with Crippen LogP contribution in [-0.4, -0.2) is 59.4 Å². The van der Waals surface area contributed by atoms with Gasteiger partial charge in [0.05, 0.1) is 12.6 Å². The summed E-state index contributed by atoms with van der Waals surface area (Å²) in [6.45, 7) is 3.22. The first-order valence-electron chi connectivity index (χ1n) is 10.7. The minimum absolute atomic E-state index is 0.0301. The van der Waals surface area contributed by atoms with Crippen LogP contribution in [0.2, 0.25) is 0 Å². The highest BCUT2D eigenvalue weighted by atomic mass is 16.4. The van der Waals surface area contributed by atoms with Crippen LogP contribution in [0, 0.1) is 5.92 Å². The number of nitrogens with one attached hydrogen (secondary N) is 3. The third-order valence-corrected chi connectivity index (χ3v) is 4.72. The topological polar surface area (TPSA) is 194 Å². The summed E-state index contributed by atoms with van der Waals surface area (Å²) >= 11 is 0. The molecule has 0 bridgehead atoms. The zero-order chi connectivity index (χ0) is 25.0. The summed E-state index contributed by atoms with van der Waals surface area (Å²) in [5.74, 6) is -3.68. The summed E-state index contributed by atoms with van der Waals surface area (Å²) in [7, 11) is 0. The molecule has 0 saturated carbocycles. The minimum Gasteiger partial charge on any atom is -0.480 e. The Morgan fingerprint density at radius 2 is 1.61 bits per heavy atom. The van der Waals surface area contributed by atoms with Gasteiger partial charge in [-0.3, -0.25) is 19.2 Å². The van der Waals surface area contributed by atoms with Gasteiger partial charge in [-0.15, -0.1) is 0 Å². The van der Waals surface area contributed by atoms with E-state index in [1.807, 2.05) is 13.8 Å². The molecule has 0 aliphatic carbocycles. The molecule has 0 aromatic heterocycles. The van der Waals surface area contributed by atoms with Crippen molar-refractivity contribution in [3.8, 4) is 0 Å². The van der Waals surface area contributed by atoms with Crippen LogP contribution in [0.3, 0.4) is 0 Å². The Bertz CT molecular complexity index is 830. The number of carbonyl (C=O) groups excluding carboxylic acids is 4. The number of carboxylic acid groups (broad SMARTS) is 1. The molecule has 3 unspecified atom stereocenters. The summed E-state index contributed by atoms with van der Waals surface area (Å²) in [6.07, 6.45) is 0.320. The Balaban J connectivity index is 2.80. The molecular formula is C22H33N5O6. The molecule has 1 rings (SSSR count). The first kappa shape index (κ1) is 27.6. The Morgan fingerprint density at radius 3 is 2.15 bits per heavy atom. The number of hydrogen-bond donors (Lipinski definition) is 6. The fourth-order valence-electron chi connectivity index (χ4n) is 3.00. The number of rotatable bonds is 14. The highest BCUT2D eigenvalue weighted by Crippen LogP contribution is 2.08. The maximum Gasteiger partial charge on any atom is 0.326 e. The zero-order valence-electron chi connectivity index (χ0n) is 18.9. The van der Waals surface area contributed by atoms with Gasteiger partial charge in [-0.1, -0.05) is 44.2 Å². The van der Waals surface area contributed by atoms with Crippen LogP contribution in [0.4, 0.5) is 0 Å². The van der Waals surface area contributed by atoms with Crippen molar-refractivity contribution in [3.05, 3.63) is 35.9 Å². The molecule has 8 N–H and O–H groups in total. The zero-order valence-corrected chi connectivity index (χ0v) is 18.9. The fraction of sp³-hybridized carbons (Fsp3) is 0.500. The third-order valence-electron chi connectivity index (χ3n) is 4.72. The highest BCUT2D eigenvalue weighted by molar-refractivity contribution is 5.92. The molecule has 0 heterocycles. The van der Waals surface area contributed by atoms with Crippen molar-refractivity contribution in [3.63, 3.8) is 0 Å². The lowest BCUT2D eigenvalue weighted by atomic mass is 10.0. The van der Waals surface area contributed by atoms with Crippen molar-refractivity contribution in [2.75, 3.05) is 6.54 Å². The molecular weight excluding hydrogens is 430 g/mol. The van der Waals surface area contributed by atoms with Gasteiger partial charge in [-0.05, 0) is 24.3 Å². The number of primary amides is 1. The predicted octanol–water partition coefficient (Wildman–Crippen LogP) is -0.962. The average Bonchev–Trinajstić information content (AvgIpc) is 2.75. The van der Waals surface area contributed by atoms with Crippen LogP contribution in [-0.2, 0) is 30.4 Å². The van der Waals surface area contributed by atoms with Crippen LogP contribution >= 0.6 is 0 Å². The lowest BCUT2D eigenvalue weighted by Gasteiger charge is -2.23. The van der Waals surface area contributed by atoms with Gasteiger partial charge in [-0.2, -0.15) is 0 Å². The second-order valence-corrected chi connectivity index (χ2v) is 8.17. The van der Waals surface area contributed by atoms with Crippen molar-refractivity contribution in [2.24, 2.45) is 17.4 Å². The van der Waals surface area contributed by atoms with Gasteiger partial charge in [0, 0.05) is 12.8 Å². The van der Waals surface area contributed by atoms with E-state index in [1.54, 1.807) is 30.3 Å². The number of aliphatic carboxylic acids is 1. The molecule has 11 heteroatoms. The molecule has 182 valence electrons. The van der Waals surface area contributed by atoms with Gasteiger partial charge in [0.1, 0.15) is 12.1 Å². The Kier molecular flexibility index (Phi) is 11.6. The lowest BCUT2D eigenvalue weighted by molar-refractivity contribution is -0.142. The van der Waals surface area contributed by atoms with Crippen LogP contribution in [0.1, 0.15) is 38.7 Å². The van der Waals surface area contributed by atoms with Crippen molar-refractivity contribution in [1.82, 2.24) is 16.0 Å². The predicted molar refractivity (Wildman–Crippen MR) is 121 cm³/mol. The van der Waals surface area contributed by atoms with E-state index in [-0.39, 0.29) is 31.6 Å². The summed E-state index contributed by atoms with van der Waals surface area (Å²) in [6, 6.07) is 5.73. The first-order chi connectivity index (χ1) is 15.5. The van der Waals surface area contributed by atoms with Crippen molar-refractivity contribution in [2.45, 2.75) is 57.7 Å². The smallest absolute Gasteiger partial charge is 0.326 e. The Morgan fingerprint density at radius 1 is 0.970 bits per heavy atom. The molecule has 0 spiro atoms. The van der Waals surface area contributed by atoms with E-state index in [0.717, 1.165) is 5.56 Å². The molecule has 1 aromatic carbocycles. The third kappa shape index (κ3) is 11.1. The second kappa shape index (κ2) is 13.8. The van der Waals surface area contributed by atoms with Gasteiger partial charge in [0.25, 0.3) is 0 Å². The van der Waals surface area contributed by atoms with E-state index in [1.165, 1.54) is 0 Å². The van der Waals surface area contributed by atoms with Crippen molar-refractivity contribution < 1.29 is 29.1 Å². The number of nitrogens with two attached hydrogens (primary N) is 2. The number of carbonyl (C=O) groups is 5. The van der Waals surface area contributed by atoms with E-state index in [0.29, 0.717) is 0 Å². The number of amides is 4. The summed E-state index contributed by atoms with van der Waals surface area (Å²) in [4.78, 5) is 59.5. The molecule has 0 aliphatic heterocycles. The van der Waals surface area contributed by atoms with Crippen molar-refractivity contribution >= 4 is 29.6 Å². The molecule has 0 aliphatic rings. The van der Waals surface area contributed by atoms with Crippen molar-refractivity contribution in [1.29, 1.82) is 0 Å². The molecule has 4 amide bonds. The summed E-state index contributed by atoms with van der Waals surface area (Å²) in [5, 5.41) is 16.8. The van der Waals surface area contributed by atoms with Crippen LogP contribution in [0.25, 0.3) is 0 Å². The molecule has 0 saturated heterocycles. The van der Waals surface area contributed by atoms with Crippen LogP contribution < -0.4 is 27.4 Å². The van der Waals surface area contributed by atoms with E-state index < -0.39 is 54.3 Å². The molecule has 1 aromatic rings. The fourth-order valence-corrected chi connectivity index (χ4v) is 3.00. The van der Waals surface area contributed by atoms with E-state index in [9.17, 15) is 29.1 Å². The molecule has 0 radical (unpaired) electrons. The lowest BCUT2D eigenvalue weighted by Crippen LogP contribution is -2.54. The molecule has 0 fully saturated rings. The second-order valence-electron chi connectivity index (χ2n) is 8.17. The van der Waals surface area contributed by atoms with Gasteiger partial charge in [0.15, 0.2) is 0 Å². The summed E-state index contributed by atoms with van der Waals surface area (Å²) < 4.78 is 0. The normalized spacial score (nSPS) is 13.5. The van der Waals surface area contributed by atoms with Crippen LogP contribution in [0.5, 0.6) is 0 Å². The van der Waals surface area contributed by atoms with Gasteiger partial charge < -0.3 is 32.5 Å². The van der Waals surface area contributed by atoms with E-state index in [4.69, 9.17) is 11.5 Å². The SMILES string of the molecule is CC(C)CC(NC(=O)C(Cc1ccccc1)NC(=O)CNC(=O)C(N)CCC(N)=O)C(=O)O. The van der Waals surface area contributed by atoms with Gasteiger partial charge in [0.2, 0.25) is 23.6 Å². The largest absolute Gasteiger partial charge is 0.480 e. The maximum atomic E-state index is 12.8. The van der Waals surface area contributed by atoms with E-state index in [2.05, 4.69) is 16.0 Å². The number of carboxylic acids is 1. The van der Waals surface area contributed by atoms with Crippen LogP contribution in [0.15, 0.2) is 30.3 Å². The standard InChI is InChI=1S/C22H33N5O6/c1-13(2)10-17(22(32)33)27-21(31)16(11-14-6-4-3-5-7-14)26-19(29)12-25-20(30)15(23)8-9-18(24)28/h3-7,13,15-17H,8-12,23H2,1-2H3,(H2,24,28)(H,25,30)(H,26,29)(H,27,31)(H,32,33). The first-order valence-corrected chi connectivity index (χ1v) is 10.7. The van der Waals surface area contributed by atoms with Gasteiger partial charge in [-0.25, -0.2) is 4.79 Å². The number of hydrogen-bond acceptors (Lipinski definition) is 6. The Labute approximate surface area is 192 Å².